The van der Waals surface area contributed by atoms with Crippen molar-refractivity contribution in [3.63, 3.8) is 0 Å². The van der Waals surface area contributed by atoms with Crippen LogP contribution in [0.3, 0.4) is 0 Å². The molecular weight excluding hydrogens is 322 g/mol. The maximum absolute atomic E-state index is 12.0. The van der Waals surface area contributed by atoms with Crippen LogP contribution < -0.4 is 19.5 Å². The van der Waals surface area contributed by atoms with Crippen molar-refractivity contribution in [1.29, 1.82) is 0 Å². The largest absolute Gasteiger partial charge is 0.486 e. The number of para-hydroxylation sites is 3. The average molecular weight is 341 g/mol. The smallest absolute Gasteiger partial charge is 0.258 e. The number of benzene rings is 2. The van der Waals surface area contributed by atoms with E-state index in [4.69, 9.17) is 14.2 Å². The molecule has 0 saturated heterocycles. The van der Waals surface area contributed by atoms with Crippen LogP contribution in [0, 0.1) is 0 Å². The molecule has 0 spiro atoms. The van der Waals surface area contributed by atoms with Crippen LogP contribution in [-0.2, 0) is 4.79 Å². The van der Waals surface area contributed by atoms with Gasteiger partial charge >= 0.3 is 0 Å². The Labute approximate surface area is 145 Å². The van der Waals surface area contributed by atoms with Gasteiger partial charge in [0, 0.05) is 0 Å². The number of rotatable bonds is 6. The lowest BCUT2D eigenvalue weighted by molar-refractivity contribution is -0.123. The van der Waals surface area contributed by atoms with Crippen molar-refractivity contribution in [1.82, 2.24) is 5.32 Å². The number of ether oxygens (including phenoxy) is 3. The second kappa shape index (κ2) is 7.70. The fraction of sp³-hybridized carbons (Fsp3) is 0.263. The number of amides is 1. The minimum atomic E-state index is -0.291. The van der Waals surface area contributed by atoms with E-state index in [1.807, 2.05) is 24.3 Å². The summed E-state index contributed by atoms with van der Waals surface area (Å²) in [7, 11) is 0. The van der Waals surface area contributed by atoms with Gasteiger partial charge in [0.2, 0.25) is 0 Å². The molecule has 0 unspecified atom stereocenters. The highest BCUT2D eigenvalue weighted by Crippen LogP contribution is 2.30. The predicted octanol–water partition coefficient (Wildman–Crippen LogP) is 2.22. The molecule has 25 heavy (non-hydrogen) atoms. The average Bonchev–Trinajstić information content (AvgIpc) is 2.64. The van der Waals surface area contributed by atoms with E-state index in [1.165, 1.54) is 6.92 Å². The first kappa shape index (κ1) is 16.8. The fourth-order valence-electron chi connectivity index (χ4n) is 2.47. The Kier molecular flexibility index (Phi) is 5.18. The zero-order chi connectivity index (χ0) is 17.6. The Balaban J connectivity index is 1.47. The molecule has 1 amide bonds. The van der Waals surface area contributed by atoms with Gasteiger partial charge in [0.1, 0.15) is 18.5 Å². The number of fused-ring (bicyclic) bond motifs is 1. The molecule has 1 aliphatic heterocycles. The SMILES string of the molecule is CC(=O)c1ccccc1OCC(=O)NC[C@H]1COc2ccccc2O1. The molecule has 1 aliphatic rings. The first-order chi connectivity index (χ1) is 12.1. The number of carbonyl (C=O) groups is 2. The quantitative estimate of drug-likeness (QED) is 0.816. The lowest BCUT2D eigenvalue weighted by Crippen LogP contribution is -2.42. The maximum Gasteiger partial charge on any atom is 0.258 e. The highest BCUT2D eigenvalue weighted by atomic mass is 16.6. The van der Waals surface area contributed by atoms with Crippen LogP contribution in [0.25, 0.3) is 0 Å². The van der Waals surface area contributed by atoms with Crippen LogP contribution in [0.1, 0.15) is 17.3 Å². The van der Waals surface area contributed by atoms with Gasteiger partial charge < -0.3 is 19.5 Å². The number of ketones is 1. The van der Waals surface area contributed by atoms with E-state index in [0.717, 1.165) is 0 Å². The third-order valence-electron chi connectivity index (χ3n) is 3.72. The van der Waals surface area contributed by atoms with E-state index in [1.54, 1.807) is 24.3 Å². The highest BCUT2D eigenvalue weighted by molar-refractivity contribution is 5.96. The van der Waals surface area contributed by atoms with Gasteiger partial charge in [0.05, 0.1) is 12.1 Å². The molecule has 3 rings (SSSR count). The summed E-state index contributed by atoms with van der Waals surface area (Å²) in [5.74, 6) is 1.37. The van der Waals surface area contributed by atoms with Gasteiger partial charge in [-0.2, -0.15) is 0 Å². The normalized spacial score (nSPS) is 15.3. The fourth-order valence-corrected chi connectivity index (χ4v) is 2.47. The highest BCUT2D eigenvalue weighted by Gasteiger charge is 2.21. The van der Waals surface area contributed by atoms with Gasteiger partial charge in [-0.05, 0) is 31.2 Å². The standard InChI is InChI=1S/C19H19NO5/c1-13(21)15-6-2-3-7-16(15)24-12-19(22)20-10-14-11-23-17-8-4-5-9-18(17)25-14/h2-9,14H,10-12H2,1H3,(H,20,22)/t14-/m0/s1. The van der Waals surface area contributed by atoms with E-state index >= 15 is 0 Å². The van der Waals surface area contributed by atoms with Crippen molar-refractivity contribution < 1.29 is 23.8 Å². The van der Waals surface area contributed by atoms with Gasteiger partial charge in [-0.3, -0.25) is 9.59 Å². The van der Waals surface area contributed by atoms with Gasteiger partial charge in [0.25, 0.3) is 5.91 Å². The molecule has 2 aromatic rings. The minimum Gasteiger partial charge on any atom is -0.486 e. The zero-order valence-corrected chi connectivity index (χ0v) is 13.9. The van der Waals surface area contributed by atoms with Gasteiger partial charge in [-0.1, -0.05) is 24.3 Å². The zero-order valence-electron chi connectivity index (χ0n) is 13.9. The molecule has 0 aliphatic carbocycles. The summed E-state index contributed by atoms with van der Waals surface area (Å²) in [6.07, 6.45) is -0.261. The van der Waals surface area contributed by atoms with Crippen molar-refractivity contribution in [3.8, 4) is 17.2 Å². The molecule has 130 valence electrons. The molecule has 0 aromatic heterocycles. The summed E-state index contributed by atoms with van der Waals surface area (Å²) in [6.45, 7) is 1.96. The van der Waals surface area contributed by atoms with Crippen LogP contribution in [0.5, 0.6) is 17.2 Å². The van der Waals surface area contributed by atoms with Crippen LogP contribution in [0.15, 0.2) is 48.5 Å². The van der Waals surface area contributed by atoms with Crippen LogP contribution >= 0.6 is 0 Å². The summed E-state index contributed by atoms with van der Waals surface area (Å²) < 4.78 is 16.8. The van der Waals surface area contributed by atoms with Crippen molar-refractivity contribution in [3.05, 3.63) is 54.1 Å². The van der Waals surface area contributed by atoms with Gasteiger partial charge in [-0.25, -0.2) is 0 Å². The van der Waals surface area contributed by atoms with Crippen LogP contribution in [0.4, 0.5) is 0 Å². The number of hydrogen-bond donors (Lipinski definition) is 1. The van der Waals surface area contributed by atoms with Gasteiger partial charge in [-0.15, -0.1) is 0 Å². The third kappa shape index (κ3) is 4.29. The molecule has 1 atom stereocenters. The molecule has 0 bridgehead atoms. The Morgan fingerprint density at radius 1 is 1.12 bits per heavy atom. The molecule has 0 fully saturated rings. The Morgan fingerprint density at radius 2 is 1.84 bits per heavy atom. The molecule has 0 saturated carbocycles. The minimum absolute atomic E-state index is 0.109. The third-order valence-corrected chi connectivity index (χ3v) is 3.72. The summed E-state index contributed by atoms with van der Waals surface area (Å²) >= 11 is 0. The lowest BCUT2D eigenvalue weighted by atomic mass is 10.1. The topological polar surface area (TPSA) is 73.9 Å². The second-order valence-electron chi connectivity index (χ2n) is 5.64. The molecule has 1 N–H and O–H groups in total. The van der Waals surface area contributed by atoms with Crippen molar-refractivity contribution >= 4 is 11.7 Å². The Hall–Kier alpha value is -3.02. The maximum atomic E-state index is 12.0. The molecule has 1 heterocycles. The van der Waals surface area contributed by atoms with E-state index in [9.17, 15) is 9.59 Å². The first-order valence-electron chi connectivity index (χ1n) is 8.01. The van der Waals surface area contributed by atoms with E-state index in [0.29, 0.717) is 36.0 Å². The van der Waals surface area contributed by atoms with Crippen LogP contribution in [0.2, 0.25) is 0 Å². The summed E-state index contributed by atoms with van der Waals surface area (Å²) in [5, 5.41) is 2.75. The summed E-state index contributed by atoms with van der Waals surface area (Å²) in [4.78, 5) is 23.5. The predicted molar refractivity (Wildman–Crippen MR) is 91.3 cm³/mol. The monoisotopic (exact) mass is 341 g/mol. The van der Waals surface area contributed by atoms with E-state index in [-0.39, 0.29) is 24.4 Å². The van der Waals surface area contributed by atoms with Crippen molar-refractivity contribution in [2.45, 2.75) is 13.0 Å². The first-order valence-corrected chi connectivity index (χ1v) is 8.01. The molecule has 2 aromatic carbocycles. The molecule has 6 nitrogen and oxygen atoms in total. The Morgan fingerprint density at radius 3 is 2.64 bits per heavy atom. The van der Waals surface area contributed by atoms with Gasteiger partial charge in [0.15, 0.2) is 23.9 Å². The Bertz CT molecular complexity index is 774. The van der Waals surface area contributed by atoms with E-state index < -0.39 is 0 Å². The second-order valence-corrected chi connectivity index (χ2v) is 5.64. The molecule has 0 radical (unpaired) electrons. The number of carbonyl (C=O) groups excluding carboxylic acids is 2. The molecular formula is C19H19NO5. The summed E-state index contributed by atoms with van der Waals surface area (Å²) in [5.41, 5.74) is 0.455. The van der Waals surface area contributed by atoms with Crippen molar-refractivity contribution in [2.75, 3.05) is 19.8 Å². The summed E-state index contributed by atoms with van der Waals surface area (Å²) in [6, 6.07) is 14.2. The van der Waals surface area contributed by atoms with Crippen LogP contribution in [-0.4, -0.2) is 37.6 Å². The number of hydrogen-bond acceptors (Lipinski definition) is 5. The number of Topliss-reactive ketones (excluding diaryl/α,β-unsaturated/α-hetero) is 1. The number of nitrogens with one attached hydrogen (secondary N) is 1. The molecule has 6 heteroatoms. The lowest BCUT2D eigenvalue weighted by Gasteiger charge is -2.26. The van der Waals surface area contributed by atoms with Crippen molar-refractivity contribution in [2.24, 2.45) is 0 Å². The van der Waals surface area contributed by atoms with E-state index in [2.05, 4.69) is 5.32 Å².